The van der Waals surface area contributed by atoms with E-state index < -0.39 is 16.1 Å². The summed E-state index contributed by atoms with van der Waals surface area (Å²) in [5, 5.41) is 4.09. The van der Waals surface area contributed by atoms with Crippen molar-refractivity contribution < 1.29 is 22.7 Å². The number of nitrogens with one attached hydrogen (secondary N) is 1. The Kier molecular flexibility index (Phi) is 12.6. The molecule has 3 aromatic carbocycles. The van der Waals surface area contributed by atoms with E-state index in [0.29, 0.717) is 33.5 Å². The fourth-order valence-electron chi connectivity index (χ4n) is 5.75. The Balaban J connectivity index is 1.62. The van der Waals surface area contributed by atoms with Crippen LogP contribution in [0, 0.1) is 0 Å². The SMILES string of the molecule is COc1ccccc1N(CCCC(=O)N(Cc1ccc(Cl)cc1Cl)C(Cc1ccccc1)C(=O)NC1CCCCC1)S(C)(=O)=O. The molecule has 45 heavy (non-hydrogen) atoms. The summed E-state index contributed by atoms with van der Waals surface area (Å²) in [5.41, 5.74) is 1.97. The average Bonchev–Trinajstić information content (AvgIpc) is 3.02. The van der Waals surface area contributed by atoms with Gasteiger partial charge in [-0.3, -0.25) is 13.9 Å². The number of nitrogens with zero attached hydrogens (tertiary/aromatic N) is 2. The molecule has 11 heteroatoms. The number of rotatable bonds is 14. The lowest BCUT2D eigenvalue weighted by Gasteiger charge is -2.34. The zero-order valence-corrected chi connectivity index (χ0v) is 28.1. The average molecular weight is 675 g/mol. The van der Waals surface area contributed by atoms with Crippen LogP contribution in [0.5, 0.6) is 5.75 Å². The van der Waals surface area contributed by atoms with Crippen LogP contribution in [0.25, 0.3) is 0 Å². The van der Waals surface area contributed by atoms with Crippen molar-refractivity contribution in [3.05, 3.63) is 94.0 Å². The summed E-state index contributed by atoms with van der Waals surface area (Å²) in [7, 11) is -2.20. The van der Waals surface area contributed by atoms with Gasteiger partial charge in [0, 0.05) is 42.0 Å². The maximum Gasteiger partial charge on any atom is 0.243 e. The number of para-hydroxylation sites is 2. The van der Waals surface area contributed by atoms with Crippen LogP contribution in [-0.2, 0) is 32.6 Å². The monoisotopic (exact) mass is 673 g/mol. The van der Waals surface area contributed by atoms with E-state index in [1.807, 2.05) is 30.3 Å². The van der Waals surface area contributed by atoms with Crippen LogP contribution in [0.3, 0.4) is 0 Å². The number of amides is 2. The number of halogens is 2. The van der Waals surface area contributed by atoms with Gasteiger partial charge in [0.05, 0.1) is 19.1 Å². The van der Waals surface area contributed by atoms with Crippen LogP contribution in [0.2, 0.25) is 10.0 Å². The molecule has 0 radical (unpaired) electrons. The van der Waals surface area contributed by atoms with Crippen molar-refractivity contribution in [1.29, 1.82) is 0 Å². The largest absolute Gasteiger partial charge is 0.495 e. The van der Waals surface area contributed by atoms with Crippen LogP contribution >= 0.6 is 23.2 Å². The van der Waals surface area contributed by atoms with Crippen molar-refractivity contribution in [2.45, 2.75) is 70.0 Å². The van der Waals surface area contributed by atoms with Gasteiger partial charge < -0.3 is 15.0 Å². The molecule has 0 heterocycles. The second-order valence-corrected chi connectivity index (χ2v) is 14.2. The number of benzene rings is 3. The Morgan fingerprint density at radius 3 is 2.33 bits per heavy atom. The molecule has 8 nitrogen and oxygen atoms in total. The summed E-state index contributed by atoms with van der Waals surface area (Å²) in [4.78, 5) is 29.7. The lowest BCUT2D eigenvalue weighted by atomic mass is 9.94. The van der Waals surface area contributed by atoms with E-state index in [1.54, 1.807) is 47.4 Å². The minimum Gasteiger partial charge on any atom is -0.495 e. The van der Waals surface area contributed by atoms with Crippen LogP contribution in [0.1, 0.15) is 56.1 Å². The highest BCUT2D eigenvalue weighted by Crippen LogP contribution is 2.30. The molecule has 1 N–H and O–H groups in total. The fourth-order valence-corrected chi connectivity index (χ4v) is 7.19. The summed E-state index contributed by atoms with van der Waals surface area (Å²) in [6, 6.07) is 20.8. The molecule has 242 valence electrons. The molecule has 0 aliphatic heterocycles. The van der Waals surface area contributed by atoms with E-state index in [1.165, 1.54) is 11.4 Å². The Morgan fingerprint density at radius 2 is 1.67 bits per heavy atom. The second kappa shape index (κ2) is 16.3. The van der Waals surface area contributed by atoms with Crippen LogP contribution in [0.4, 0.5) is 5.69 Å². The predicted octanol–water partition coefficient (Wildman–Crippen LogP) is 6.64. The highest BCUT2D eigenvalue weighted by atomic mass is 35.5. The quantitative estimate of drug-likeness (QED) is 0.207. The van der Waals surface area contributed by atoms with Crippen LogP contribution in [-0.4, -0.2) is 57.1 Å². The van der Waals surface area contributed by atoms with Crippen molar-refractivity contribution >= 4 is 50.7 Å². The minimum absolute atomic E-state index is 0.00831. The van der Waals surface area contributed by atoms with Crippen molar-refractivity contribution in [3.8, 4) is 5.75 Å². The number of hydrogen-bond acceptors (Lipinski definition) is 5. The molecule has 4 rings (SSSR count). The second-order valence-electron chi connectivity index (χ2n) is 11.4. The van der Waals surface area contributed by atoms with Gasteiger partial charge in [0.15, 0.2) is 0 Å². The van der Waals surface area contributed by atoms with Crippen LogP contribution < -0.4 is 14.4 Å². The standard InChI is InChI=1S/C34H41Cl2N3O5S/c1-44-32-17-10-9-16-30(32)39(45(2,42)43)21-11-18-33(40)38(24-26-19-20-27(35)23-29(26)36)31(22-25-12-5-3-6-13-25)34(41)37-28-14-7-4-8-15-28/h3,5-6,9-10,12-13,16-17,19-20,23,28,31H,4,7-8,11,14-15,18,21-22,24H2,1-2H3,(H,37,41). The number of methoxy groups -OCH3 is 1. The molecule has 0 aromatic heterocycles. The third-order valence-electron chi connectivity index (χ3n) is 8.08. The number of hydrogen-bond donors (Lipinski definition) is 1. The van der Waals surface area contributed by atoms with E-state index >= 15 is 0 Å². The predicted molar refractivity (Wildman–Crippen MR) is 180 cm³/mol. The number of ether oxygens (including phenoxy) is 1. The topological polar surface area (TPSA) is 96.0 Å². The lowest BCUT2D eigenvalue weighted by molar-refractivity contribution is -0.141. The minimum atomic E-state index is -3.68. The summed E-state index contributed by atoms with van der Waals surface area (Å²) >= 11 is 12.7. The first-order valence-electron chi connectivity index (χ1n) is 15.2. The van der Waals surface area contributed by atoms with Gasteiger partial charge in [-0.05, 0) is 54.7 Å². The highest BCUT2D eigenvalue weighted by Gasteiger charge is 2.32. The Labute approximate surface area is 276 Å². The Morgan fingerprint density at radius 1 is 0.978 bits per heavy atom. The lowest BCUT2D eigenvalue weighted by Crippen LogP contribution is -2.53. The third-order valence-corrected chi connectivity index (χ3v) is 9.85. The number of carbonyl (C=O) groups is 2. The van der Waals surface area contributed by atoms with Gasteiger partial charge in [-0.2, -0.15) is 0 Å². The highest BCUT2D eigenvalue weighted by molar-refractivity contribution is 7.92. The van der Waals surface area contributed by atoms with Crippen molar-refractivity contribution in [3.63, 3.8) is 0 Å². The molecule has 1 atom stereocenters. The molecule has 1 aliphatic carbocycles. The summed E-state index contributed by atoms with van der Waals surface area (Å²) < 4.78 is 32.3. The maximum atomic E-state index is 14.1. The molecular formula is C34H41Cl2N3O5S. The number of anilines is 1. The fraction of sp³-hybridized carbons (Fsp3) is 0.412. The molecule has 0 spiro atoms. The summed E-state index contributed by atoms with van der Waals surface area (Å²) in [5.74, 6) is -0.0826. The van der Waals surface area contributed by atoms with Gasteiger partial charge in [-0.1, -0.05) is 91.0 Å². The van der Waals surface area contributed by atoms with E-state index in [2.05, 4.69) is 5.32 Å². The molecule has 0 saturated heterocycles. The molecule has 2 amide bonds. The normalized spacial score (nSPS) is 14.4. The van der Waals surface area contributed by atoms with Gasteiger partial charge in [-0.25, -0.2) is 8.42 Å². The molecule has 1 fully saturated rings. The van der Waals surface area contributed by atoms with E-state index in [-0.39, 0.29) is 43.8 Å². The first-order valence-corrected chi connectivity index (χ1v) is 17.9. The van der Waals surface area contributed by atoms with Gasteiger partial charge in [0.1, 0.15) is 11.8 Å². The maximum absolute atomic E-state index is 14.1. The number of carbonyl (C=O) groups excluding carboxylic acids is 2. The van der Waals surface area contributed by atoms with E-state index in [9.17, 15) is 18.0 Å². The van der Waals surface area contributed by atoms with Crippen molar-refractivity contribution in [1.82, 2.24) is 10.2 Å². The Bertz CT molecular complexity index is 1550. The zero-order valence-electron chi connectivity index (χ0n) is 25.8. The smallest absolute Gasteiger partial charge is 0.243 e. The van der Waals surface area contributed by atoms with Gasteiger partial charge in [0.25, 0.3) is 0 Å². The van der Waals surface area contributed by atoms with E-state index in [0.717, 1.165) is 43.9 Å². The molecule has 1 saturated carbocycles. The molecule has 1 aliphatic rings. The summed E-state index contributed by atoms with van der Waals surface area (Å²) in [6.45, 7) is 0.144. The first-order chi connectivity index (χ1) is 21.6. The molecule has 3 aromatic rings. The van der Waals surface area contributed by atoms with Crippen LogP contribution in [0.15, 0.2) is 72.8 Å². The number of sulfonamides is 1. The van der Waals surface area contributed by atoms with Gasteiger partial charge >= 0.3 is 0 Å². The van der Waals surface area contributed by atoms with Gasteiger partial charge in [0.2, 0.25) is 21.8 Å². The molecular weight excluding hydrogens is 633 g/mol. The zero-order chi connectivity index (χ0) is 32.4. The van der Waals surface area contributed by atoms with Crippen molar-refractivity contribution in [2.24, 2.45) is 0 Å². The van der Waals surface area contributed by atoms with Crippen molar-refractivity contribution in [2.75, 3.05) is 24.2 Å². The Hall–Kier alpha value is -3.27. The van der Waals surface area contributed by atoms with Gasteiger partial charge in [-0.15, -0.1) is 0 Å². The molecule has 1 unspecified atom stereocenters. The molecule has 0 bridgehead atoms. The summed E-state index contributed by atoms with van der Waals surface area (Å²) in [6.07, 6.45) is 6.75. The van der Waals surface area contributed by atoms with E-state index in [4.69, 9.17) is 27.9 Å². The first kappa shape index (κ1) is 34.6. The third kappa shape index (κ3) is 9.86.